The molecule has 236 valence electrons. The van der Waals surface area contributed by atoms with Gasteiger partial charge in [-0.25, -0.2) is 14.0 Å². The summed E-state index contributed by atoms with van der Waals surface area (Å²) in [5.41, 5.74) is -0.445. The molecule has 10 nitrogen and oxygen atoms in total. The molecule has 0 bridgehead atoms. The van der Waals surface area contributed by atoms with Gasteiger partial charge >= 0.3 is 18.2 Å². The lowest BCUT2D eigenvalue weighted by atomic mass is 10.1. The molecule has 0 saturated carbocycles. The minimum atomic E-state index is -1.29. The third-order valence-electron chi connectivity index (χ3n) is 6.51. The normalized spacial score (nSPS) is 14.6. The number of nitrogens with zero attached hydrogens (tertiary/aromatic N) is 2. The van der Waals surface area contributed by atoms with E-state index in [9.17, 15) is 19.5 Å². The number of amides is 2. The summed E-state index contributed by atoms with van der Waals surface area (Å²) < 4.78 is 33.2. The summed E-state index contributed by atoms with van der Waals surface area (Å²) in [7, 11) is 0. The fourth-order valence-electron chi connectivity index (χ4n) is 4.73. The Labute approximate surface area is 253 Å². The second-order valence-corrected chi connectivity index (χ2v) is 12.6. The van der Waals surface area contributed by atoms with Crippen LogP contribution in [0.3, 0.4) is 0 Å². The highest BCUT2D eigenvalue weighted by Gasteiger charge is 2.40. The number of carboxylic acid groups (broad SMARTS) is 1. The molecule has 2 amide bonds. The van der Waals surface area contributed by atoms with E-state index in [1.807, 2.05) is 37.3 Å². The van der Waals surface area contributed by atoms with E-state index < -0.39 is 41.2 Å². The number of benzene rings is 2. The van der Waals surface area contributed by atoms with E-state index in [1.54, 1.807) is 41.5 Å². The number of hydrogen-bond acceptors (Lipinski definition) is 7. The van der Waals surface area contributed by atoms with Gasteiger partial charge in [-0.2, -0.15) is 0 Å². The highest BCUT2D eigenvalue weighted by atomic mass is 19.1. The SMILES string of the molecule is CCCCN(C[C@H]1Cc2c(cc(OCc3ccccc3)c(NCC(=O)OC(C)(C)C)c2F)N1C(=O)O)C(=O)OC(C)(C)C. The number of ether oxygens (including phenoxy) is 3. The molecule has 2 N–H and O–H groups in total. The van der Waals surface area contributed by atoms with Gasteiger partial charge < -0.3 is 29.5 Å². The van der Waals surface area contributed by atoms with Crippen molar-refractivity contribution in [2.45, 2.75) is 91.6 Å². The average molecular weight is 602 g/mol. The van der Waals surface area contributed by atoms with Crippen LogP contribution in [-0.4, -0.2) is 65.0 Å². The minimum Gasteiger partial charge on any atom is -0.487 e. The smallest absolute Gasteiger partial charge is 0.412 e. The molecule has 43 heavy (non-hydrogen) atoms. The molecule has 1 heterocycles. The van der Waals surface area contributed by atoms with Crippen molar-refractivity contribution in [1.82, 2.24) is 4.90 Å². The van der Waals surface area contributed by atoms with Crippen molar-refractivity contribution < 1.29 is 38.1 Å². The van der Waals surface area contributed by atoms with Crippen LogP contribution in [-0.2, 0) is 27.3 Å². The number of rotatable bonds is 11. The number of halogens is 1. The number of anilines is 2. The number of fused-ring (bicyclic) bond motifs is 1. The zero-order chi connectivity index (χ0) is 31.9. The van der Waals surface area contributed by atoms with Crippen LogP contribution in [0.25, 0.3) is 0 Å². The highest BCUT2D eigenvalue weighted by Crippen LogP contribution is 2.43. The summed E-state index contributed by atoms with van der Waals surface area (Å²) >= 11 is 0. The van der Waals surface area contributed by atoms with Crippen molar-refractivity contribution in [2.75, 3.05) is 29.9 Å². The third kappa shape index (κ3) is 9.49. The molecule has 0 spiro atoms. The molecular weight excluding hydrogens is 557 g/mol. The molecule has 3 rings (SSSR count). The van der Waals surface area contributed by atoms with Crippen molar-refractivity contribution in [3.63, 3.8) is 0 Å². The van der Waals surface area contributed by atoms with Gasteiger partial charge in [0.15, 0.2) is 5.82 Å². The van der Waals surface area contributed by atoms with Gasteiger partial charge in [-0.1, -0.05) is 43.7 Å². The number of esters is 1. The summed E-state index contributed by atoms with van der Waals surface area (Å²) in [6.07, 6.45) is -0.327. The molecule has 0 aromatic heterocycles. The molecule has 1 aliphatic heterocycles. The Balaban J connectivity index is 1.97. The number of carbonyl (C=O) groups excluding carboxylic acids is 2. The molecule has 0 fully saturated rings. The standard InChI is InChI=1S/C32H44FN3O7/c1-8-9-15-35(30(40)43-32(5,6)7)19-22-16-23-24(36(22)29(38)39)17-25(41-20-21-13-11-10-12-14-21)28(27(23)33)34-18-26(37)42-31(2,3)4/h10-14,17,22,34H,8-9,15-16,18-20H2,1-7H3,(H,38,39)/t22-/m1/s1. The highest BCUT2D eigenvalue weighted by molar-refractivity contribution is 5.92. The van der Waals surface area contributed by atoms with Gasteiger partial charge in [0.05, 0.1) is 11.7 Å². The van der Waals surface area contributed by atoms with Crippen molar-refractivity contribution in [2.24, 2.45) is 0 Å². The maximum atomic E-state index is 16.3. The van der Waals surface area contributed by atoms with Crippen molar-refractivity contribution in [3.05, 3.63) is 53.3 Å². The van der Waals surface area contributed by atoms with Crippen LogP contribution in [0.15, 0.2) is 36.4 Å². The van der Waals surface area contributed by atoms with Gasteiger partial charge in [-0.3, -0.25) is 9.69 Å². The Morgan fingerprint density at radius 3 is 2.30 bits per heavy atom. The molecule has 0 aliphatic carbocycles. The molecule has 0 saturated heterocycles. The maximum absolute atomic E-state index is 16.3. The first-order valence-electron chi connectivity index (χ1n) is 14.6. The van der Waals surface area contributed by atoms with E-state index in [4.69, 9.17) is 14.2 Å². The largest absolute Gasteiger partial charge is 0.487 e. The van der Waals surface area contributed by atoms with Crippen molar-refractivity contribution in [3.8, 4) is 5.75 Å². The molecule has 2 aromatic rings. The van der Waals surface area contributed by atoms with Crippen LogP contribution in [0.5, 0.6) is 5.75 Å². The van der Waals surface area contributed by atoms with Gasteiger partial charge in [0.2, 0.25) is 0 Å². The predicted molar refractivity (Wildman–Crippen MR) is 162 cm³/mol. The minimum absolute atomic E-state index is 0.0101. The van der Waals surface area contributed by atoms with E-state index >= 15 is 4.39 Å². The topological polar surface area (TPSA) is 118 Å². The van der Waals surface area contributed by atoms with Gasteiger partial charge in [-0.05, 0) is 53.5 Å². The Kier molecular flexibility index (Phi) is 10.9. The molecule has 1 atom stereocenters. The Morgan fingerprint density at radius 2 is 1.72 bits per heavy atom. The lowest BCUT2D eigenvalue weighted by molar-refractivity contribution is -0.152. The zero-order valence-corrected chi connectivity index (χ0v) is 26.2. The van der Waals surface area contributed by atoms with Crippen LogP contribution >= 0.6 is 0 Å². The summed E-state index contributed by atoms with van der Waals surface area (Å²) in [5, 5.41) is 13.1. The van der Waals surface area contributed by atoms with Gasteiger partial charge in [-0.15, -0.1) is 0 Å². The van der Waals surface area contributed by atoms with Crippen LogP contribution in [0.4, 0.5) is 25.4 Å². The monoisotopic (exact) mass is 601 g/mol. The van der Waals surface area contributed by atoms with Crippen LogP contribution in [0.1, 0.15) is 72.4 Å². The molecule has 11 heteroatoms. The molecule has 1 aliphatic rings. The second-order valence-electron chi connectivity index (χ2n) is 12.6. The molecule has 2 aromatic carbocycles. The lowest BCUT2D eigenvalue weighted by Crippen LogP contribution is -2.48. The molecular formula is C32H44FN3O7. The Morgan fingerprint density at radius 1 is 1.07 bits per heavy atom. The third-order valence-corrected chi connectivity index (χ3v) is 6.51. The summed E-state index contributed by atoms with van der Waals surface area (Å²) in [5.74, 6) is -1.27. The van der Waals surface area contributed by atoms with E-state index in [1.165, 1.54) is 11.0 Å². The van der Waals surface area contributed by atoms with Crippen LogP contribution in [0.2, 0.25) is 0 Å². The van der Waals surface area contributed by atoms with E-state index in [-0.39, 0.29) is 48.8 Å². The van der Waals surface area contributed by atoms with E-state index in [0.29, 0.717) is 13.0 Å². The number of carbonyl (C=O) groups is 3. The van der Waals surface area contributed by atoms with Crippen LogP contribution < -0.4 is 15.0 Å². The fraction of sp³-hybridized carbons (Fsp3) is 0.531. The number of unbranched alkanes of at least 4 members (excludes halogenated alkanes) is 1. The first-order chi connectivity index (χ1) is 20.1. The Hall–Kier alpha value is -4.02. The first kappa shape index (κ1) is 33.5. The number of nitrogens with one attached hydrogen (secondary N) is 1. The molecule has 0 unspecified atom stereocenters. The average Bonchev–Trinajstić information content (AvgIpc) is 3.26. The first-order valence-corrected chi connectivity index (χ1v) is 14.6. The Bertz CT molecular complexity index is 1290. The molecule has 0 radical (unpaired) electrons. The van der Waals surface area contributed by atoms with Crippen LogP contribution in [0, 0.1) is 5.82 Å². The van der Waals surface area contributed by atoms with Gasteiger partial charge in [0, 0.05) is 31.1 Å². The summed E-state index contributed by atoms with van der Waals surface area (Å²) in [6, 6.07) is 9.94. The van der Waals surface area contributed by atoms with Crippen molar-refractivity contribution >= 4 is 29.5 Å². The van der Waals surface area contributed by atoms with Crippen molar-refractivity contribution in [1.29, 1.82) is 0 Å². The second kappa shape index (κ2) is 14.0. The zero-order valence-electron chi connectivity index (χ0n) is 26.2. The predicted octanol–water partition coefficient (Wildman–Crippen LogP) is 6.60. The summed E-state index contributed by atoms with van der Waals surface area (Å²) in [6.45, 7) is 12.6. The number of hydrogen-bond donors (Lipinski definition) is 2. The maximum Gasteiger partial charge on any atom is 0.412 e. The lowest BCUT2D eigenvalue weighted by Gasteiger charge is -2.31. The van der Waals surface area contributed by atoms with Gasteiger partial charge in [0.25, 0.3) is 0 Å². The quantitative estimate of drug-likeness (QED) is 0.277. The van der Waals surface area contributed by atoms with E-state index in [0.717, 1.165) is 16.9 Å². The van der Waals surface area contributed by atoms with E-state index in [2.05, 4.69) is 5.32 Å². The summed E-state index contributed by atoms with van der Waals surface area (Å²) in [4.78, 5) is 40.6. The van der Waals surface area contributed by atoms with Gasteiger partial charge in [0.1, 0.15) is 35.8 Å². The fourth-order valence-corrected chi connectivity index (χ4v) is 4.73.